The van der Waals surface area contributed by atoms with Gasteiger partial charge in [-0.3, -0.25) is 0 Å². The van der Waals surface area contributed by atoms with Gasteiger partial charge in [-0.2, -0.15) is 9.11 Å². The molecule has 0 aromatic rings. The van der Waals surface area contributed by atoms with E-state index < -0.39 is 20.4 Å². The van der Waals surface area contributed by atoms with E-state index in [0.29, 0.717) is 47.7 Å². The normalized spacial score (nSPS) is 35.4. The number of thiocarbonyl (C=S) groups is 2. The predicted octanol–water partition coefficient (Wildman–Crippen LogP) is -0.596. The van der Waals surface area contributed by atoms with Gasteiger partial charge in [-0.25, -0.2) is 0 Å². The van der Waals surface area contributed by atoms with E-state index in [1.165, 1.54) is 0 Å². The first-order valence-corrected chi connectivity index (χ1v) is 12.2. The Morgan fingerprint density at radius 2 is 1.25 bits per heavy atom. The summed E-state index contributed by atoms with van der Waals surface area (Å²) < 4.78 is 41.9. The monoisotopic (exact) mass is 416 g/mol. The van der Waals surface area contributed by atoms with Crippen molar-refractivity contribution < 1.29 is 17.5 Å². The van der Waals surface area contributed by atoms with Gasteiger partial charge in [0.2, 0.25) is 20.4 Å². The molecule has 6 N–H and O–H groups in total. The van der Waals surface area contributed by atoms with E-state index in [0.717, 1.165) is 0 Å². The van der Waals surface area contributed by atoms with E-state index in [1.807, 2.05) is 0 Å². The van der Waals surface area contributed by atoms with E-state index >= 15 is 0 Å². The predicted molar refractivity (Wildman–Crippen MR) is 105 cm³/mol. The number of hydrogen-bond donors (Lipinski definition) is 6. The fourth-order valence-electron chi connectivity index (χ4n) is 2.67. The van der Waals surface area contributed by atoms with Crippen molar-refractivity contribution >= 4 is 55.1 Å². The van der Waals surface area contributed by atoms with Gasteiger partial charge in [-0.05, 0) is 24.4 Å². The SMILES string of the molecule is O=[S+]1(O)CC[C@@H](NC(=S)NCCNC(=S)N[C@H]2CC[S+](=O)(O)C2)C1. The van der Waals surface area contributed by atoms with Crippen molar-refractivity contribution in [3.8, 4) is 0 Å². The van der Waals surface area contributed by atoms with Crippen LogP contribution < -0.4 is 21.3 Å². The van der Waals surface area contributed by atoms with Gasteiger partial charge >= 0.3 is 0 Å². The van der Waals surface area contributed by atoms with Crippen LogP contribution in [0.25, 0.3) is 0 Å². The minimum Gasteiger partial charge on any atom is -0.361 e. The molecule has 8 nitrogen and oxygen atoms in total. The third-order valence-electron chi connectivity index (χ3n) is 3.86. The van der Waals surface area contributed by atoms with Crippen molar-refractivity contribution in [1.29, 1.82) is 0 Å². The molecule has 24 heavy (non-hydrogen) atoms. The summed E-state index contributed by atoms with van der Waals surface area (Å²) in [6.45, 7) is 1.08. The smallest absolute Gasteiger partial charge is 0.216 e. The van der Waals surface area contributed by atoms with Crippen molar-refractivity contribution in [2.24, 2.45) is 0 Å². The molecule has 2 heterocycles. The van der Waals surface area contributed by atoms with Crippen LogP contribution >= 0.6 is 24.4 Å². The first kappa shape index (κ1) is 19.9. The fraction of sp³-hybridized carbons (Fsp3) is 0.833. The first-order valence-electron chi connectivity index (χ1n) is 7.68. The summed E-state index contributed by atoms with van der Waals surface area (Å²) in [6.07, 6.45) is 1.28. The molecular formula is C12H24N4O4S4+2. The average molecular weight is 417 g/mol. The van der Waals surface area contributed by atoms with Gasteiger partial charge in [-0.15, -0.1) is 0 Å². The van der Waals surface area contributed by atoms with Crippen LogP contribution in [0.3, 0.4) is 0 Å². The molecule has 0 bridgehead atoms. The molecule has 2 fully saturated rings. The van der Waals surface area contributed by atoms with Crippen molar-refractivity contribution in [2.75, 3.05) is 36.1 Å². The molecule has 2 unspecified atom stereocenters. The zero-order valence-electron chi connectivity index (χ0n) is 13.2. The molecule has 138 valence electrons. The summed E-state index contributed by atoms with van der Waals surface area (Å²) in [5.41, 5.74) is 0. The van der Waals surface area contributed by atoms with Gasteiger partial charge in [0.05, 0.1) is 12.1 Å². The standard InChI is InChI=1S/C12H22N4O4S4/c17-23(18)5-1-9(7-23)15-11(21)13-3-4-14-12(22)16-10-2-6-24(19,20)8-10/h9-10H,1-8H2,(H4-2,13,14,15,16,17,18,19,20,21,22)/p+2/t9-,10+. The number of hydrogen-bond acceptors (Lipinski definition) is 4. The summed E-state index contributed by atoms with van der Waals surface area (Å²) in [7, 11) is -5.35. The lowest BCUT2D eigenvalue weighted by atomic mass is 10.3. The highest BCUT2D eigenvalue weighted by Crippen LogP contribution is 2.17. The Kier molecular flexibility index (Phi) is 6.90. The summed E-state index contributed by atoms with van der Waals surface area (Å²) in [5.74, 6) is 1.10. The molecule has 4 atom stereocenters. The molecule has 2 rings (SSSR count). The first-order chi connectivity index (χ1) is 11.2. The van der Waals surface area contributed by atoms with Gasteiger partial charge in [0, 0.05) is 25.9 Å². The van der Waals surface area contributed by atoms with Crippen LogP contribution in [0.15, 0.2) is 0 Å². The lowest BCUT2D eigenvalue weighted by Gasteiger charge is -2.16. The van der Waals surface area contributed by atoms with Crippen LogP contribution in [-0.4, -0.2) is 67.5 Å². The van der Waals surface area contributed by atoms with Gasteiger partial charge in [0.1, 0.15) is 11.5 Å². The van der Waals surface area contributed by atoms with Crippen molar-refractivity contribution in [1.82, 2.24) is 21.3 Å². The third kappa shape index (κ3) is 6.84. The average Bonchev–Trinajstić information content (AvgIpc) is 2.96. The maximum absolute atomic E-state index is 11.5. The van der Waals surface area contributed by atoms with Gasteiger partial charge < -0.3 is 21.3 Å². The van der Waals surface area contributed by atoms with Crippen LogP contribution in [0, 0.1) is 0 Å². The highest BCUT2D eigenvalue weighted by atomic mass is 32.3. The third-order valence-corrected chi connectivity index (χ3v) is 7.98. The maximum atomic E-state index is 11.5. The highest BCUT2D eigenvalue weighted by Gasteiger charge is 2.39. The van der Waals surface area contributed by atoms with Crippen molar-refractivity contribution in [3.63, 3.8) is 0 Å². The zero-order chi connectivity index (χ0) is 17.8. The molecule has 12 heteroatoms. The van der Waals surface area contributed by atoms with Crippen LogP contribution in [-0.2, 0) is 28.8 Å². The Labute approximate surface area is 154 Å². The Balaban J connectivity index is 1.54. The molecular weight excluding hydrogens is 392 g/mol. The second-order valence-corrected chi connectivity index (χ2v) is 11.4. The molecule has 0 saturated carbocycles. The van der Waals surface area contributed by atoms with Crippen molar-refractivity contribution in [2.45, 2.75) is 24.9 Å². The molecule has 0 aliphatic carbocycles. The highest BCUT2D eigenvalue weighted by molar-refractivity contribution is 7.98. The Hall–Kier alpha value is -0.400. The quantitative estimate of drug-likeness (QED) is 0.197. The van der Waals surface area contributed by atoms with E-state index in [2.05, 4.69) is 21.3 Å². The molecule has 0 aromatic carbocycles. The summed E-state index contributed by atoms with van der Waals surface area (Å²) in [6, 6.07) is -0.122. The molecule has 2 saturated heterocycles. The van der Waals surface area contributed by atoms with Gasteiger partial charge in [-0.1, -0.05) is 8.42 Å². The van der Waals surface area contributed by atoms with E-state index in [1.54, 1.807) is 0 Å². The van der Waals surface area contributed by atoms with Crippen LogP contribution in [0.5, 0.6) is 0 Å². The maximum Gasteiger partial charge on any atom is 0.216 e. The van der Waals surface area contributed by atoms with Crippen LogP contribution in [0.1, 0.15) is 12.8 Å². The van der Waals surface area contributed by atoms with E-state index in [-0.39, 0.29) is 23.6 Å². The Morgan fingerprint density at radius 3 is 1.54 bits per heavy atom. The summed E-state index contributed by atoms with van der Waals surface area (Å²) in [4.78, 5) is 0. The molecule has 0 radical (unpaired) electrons. The number of nitrogens with one attached hydrogen (secondary N) is 4. The van der Waals surface area contributed by atoms with Gasteiger partial charge in [0.25, 0.3) is 0 Å². The lowest BCUT2D eigenvalue weighted by molar-refractivity contribution is 0.500. The minimum atomic E-state index is -2.67. The summed E-state index contributed by atoms with van der Waals surface area (Å²) in [5, 5.41) is 13.0. The molecule has 0 aromatic heterocycles. The number of rotatable bonds is 5. The Bertz CT molecular complexity index is 537. The molecule has 0 amide bonds. The van der Waals surface area contributed by atoms with E-state index in [4.69, 9.17) is 24.4 Å². The lowest BCUT2D eigenvalue weighted by Crippen LogP contribution is -2.47. The Morgan fingerprint density at radius 1 is 0.875 bits per heavy atom. The molecule has 0 spiro atoms. The molecule has 2 aliphatic rings. The zero-order valence-corrected chi connectivity index (χ0v) is 16.4. The van der Waals surface area contributed by atoms with Crippen LogP contribution in [0.4, 0.5) is 0 Å². The fourth-order valence-corrected chi connectivity index (χ4v) is 6.60. The van der Waals surface area contributed by atoms with Gasteiger partial charge in [0.15, 0.2) is 21.7 Å². The topological polar surface area (TPSA) is 123 Å². The van der Waals surface area contributed by atoms with Crippen molar-refractivity contribution in [3.05, 3.63) is 0 Å². The largest absolute Gasteiger partial charge is 0.361 e. The second-order valence-electron chi connectivity index (χ2n) is 6.06. The second kappa shape index (κ2) is 8.32. The molecule has 2 aliphatic heterocycles. The summed E-state index contributed by atoms with van der Waals surface area (Å²) >= 11 is 10.3. The van der Waals surface area contributed by atoms with Crippen LogP contribution in [0.2, 0.25) is 0 Å². The minimum absolute atomic E-state index is 0.0612. The van der Waals surface area contributed by atoms with E-state index in [9.17, 15) is 17.5 Å².